The van der Waals surface area contributed by atoms with Gasteiger partial charge in [0.2, 0.25) is 0 Å². The number of rotatable bonds is 8. The van der Waals surface area contributed by atoms with E-state index in [-0.39, 0.29) is 17.8 Å². The molecule has 2 aromatic carbocycles. The van der Waals surface area contributed by atoms with Gasteiger partial charge in [0.15, 0.2) is 0 Å². The Balaban J connectivity index is 1.50. The van der Waals surface area contributed by atoms with Gasteiger partial charge in [-0.1, -0.05) is 12.1 Å². The quantitative estimate of drug-likeness (QED) is 0.527. The van der Waals surface area contributed by atoms with Crippen molar-refractivity contribution in [3.8, 4) is 11.3 Å². The van der Waals surface area contributed by atoms with Gasteiger partial charge in [-0.05, 0) is 42.3 Å². The summed E-state index contributed by atoms with van der Waals surface area (Å²) in [4.78, 5) is 27.8. The van der Waals surface area contributed by atoms with Crippen molar-refractivity contribution in [2.75, 3.05) is 44.3 Å². The van der Waals surface area contributed by atoms with Crippen LogP contribution in [0.4, 0.5) is 19.3 Å². The predicted octanol–water partition coefficient (Wildman–Crippen LogP) is 3.44. The minimum Gasteiger partial charge on any atom is -0.465 e. The summed E-state index contributed by atoms with van der Waals surface area (Å²) in [6.45, 7) is 4.22. The third kappa shape index (κ3) is 6.28. The molecular formula is C25H26F2N4O4. The summed E-state index contributed by atoms with van der Waals surface area (Å²) in [7, 11) is 0. The summed E-state index contributed by atoms with van der Waals surface area (Å²) in [5, 5.41) is 14.0. The van der Waals surface area contributed by atoms with Crippen molar-refractivity contribution in [2.24, 2.45) is 0 Å². The molecule has 1 aliphatic heterocycles. The summed E-state index contributed by atoms with van der Waals surface area (Å²) in [6.07, 6.45) is -0.392. The van der Waals surface area contributed by atoms with Crippen LogP contribution in [0.1, 0.15) is 12.0 Å². The number of carbonyl (C=O) groups is 1. The van der Waals surface area contributed by atoms with Crippen molar-refractivity contribution >= 4 is 11.8 Å². The highest BCUT2D eigenvalue weighted by Crippen LogP contribution is 2.21. The summed E-state index contributed by atoms with van der Waals surface area (Å²) < 4.78 is 34.0. The van der Waals surface area contributed by atoms with Gasteiger partial charge in [-0.3, -0.25) is 14.6 Å². The Morgan fingerprint density at radius 2 is 1.89 bits per heavy atom. The molecule has 0 bridgehead atoms. The summed E-state index contributed by atoms with van der Waals surface area (Å²) in [6, 6.07) is 12.7. The standard InChI is InChI=1S/C25H26F2N4O4/c26-19-5-6-21(22(27)16-19)23-7-8-24(32)31(28-23)17-18-3-1-4-20(15-18)30(25(33)34)10-2-9-29-11-13-35-14-12-29/h1,3-8,15-16H,2,9-14,17H2,(H,33,34). The normalized spacial score (nSPS) is 14.1. The Hall–Kier alpha value is -3.63. The van der Waals surface area contributed by atoms with Crippen molar-refractivity contribution in [3.05, 3.63) is 82.1 Å². The van der Waals surface area contributed by atoms with E-state index >= 15 is 0 Å². The van der Waals surface area contributed by atoms with E-state index in [9.17, 15) is 23.5 Å². The first kappa shape index (κ1) is 24.5. The van der Waals surface area contributed by atoms with E-state index < -0.39 is 23.3 Å². The molecule has 8 nitrogen and oxygen atoms in total. The van der Waals surface area contributed by atoms with E-state index in [0.717, 1.165) is 31.8 Å². The van der Waals surface area contributed by atoms with E-state index in [4.69, 9.17) is 4.74 Å². The van der Waals surface area contributed by atoms with E-state index in [1.54, 1.807) is 24.3 Å². The molecule has 1 aromatic heterocycles. The molecule has 1 fully saturated rings. The minimum absolute atomic E-state index is 0.0601. The molecular weight excluding hydrogens is 458 g/mol. The fraction of sp³-hybridized carbons (Fsp3) is 0.320. The molecule has 1 N–H and O–H groups in total. The Kier molecular flexibility index (Phi) is 7.84. The van der Waals surface area contributed by atoms with Gasteiger partial charge in [-0.15, -0.1) is 0 Å². The smallest absolute Gasteiger partial charge is 0.411 e. The lowest BCUT2D eigenvalue weighted by Crippen LogP contribution is -2.39. The summed E-state index contributed by atoms with van der Waals surface area (Å²) >= 11 is 0. The van der Waals surface area contributed by atoms with Crippen LogP contribution in [0.15, 0.2) is 59.4 Å². The van der Waals surface area contributed by atoms with Crippen molar-refractivity contribution < 1.29 is 23.4 Å². The maximum atomic E-state index is 14.2. The number of benzene rings is 2. The number of hydrogen-bond acceptors (Lipinski definition) is 5. The molecule has 10 heteroatoms. The van der Waals surface area contributed by atoms with Crippen molar-refractivity contribution in [1.29, 1.82) is 0 Å². The first-order chi connectivity index (χ1) is 16.9. The van der Waals surface area contributed by atoms with Crippen molar-refractivity contribution in [2.45, 2.75) is 13.0 Å². The van der Waals surface area contributed by atoms with E-state index in [0.29, 0.717) is 37.4 Å². The van der Waals surface area contributed by atoms with Crippen LogP contribution in [0.3, 0.4) is 0 Å². The number of hydrogen-bond donors (Lipinski definition) is 1. The number of nitrogens with zero attached hydrogens (tertiary/aromatic N) is 4. The van der Waals surface area contributed by atoms with Gasteiger partial charge in [0.1, 0.15) is 11.6 Å². The number of anilines is 1. The van der Waals surface area contributed by atoms with Gasteiger partial charge in [-0.25, -0.2) is 18.3 Å². The fourth-order valence-electron chi connectivity index (χ4n) is 4.01. The molecule has 0 radical (unpaired) electrons. The van der Waals surface area contributed by atoms with Crippen LogP contribution in [0.5, 0.6) is 0 Å². The number of morpholine rings is 1. The van der Waals surface area contributed by atoms with Crippen LogP contribution in [0, 0.1) is 11.6 Å². The second-order valence-electron chi connectivity index (χ2n) is 8.25. The molecule has 1 aliphatic rings. The lowest BCUT2D eigenvalue weighted by Gasteiger charge is -2.27. The molecule has 1 saturated heterocycles. The first-order valence-electron chi connectivity index (χ1n) is 11.3. The zero-order valence-electron chi connectivity index (χ0n) is 19.1. The monoisotopic (exact) mass is 484 g/mol. The predicted molar refractivity (Wildman–Crippen MR) is 127 cm³/mol. The maximum Gasteiger partial charge on any atom is 0.411 e. The van der Waals surface area contributed by atoms with Crippen molar-refractivity contribution in [3.63, 3.8) is 0 Å². The summed E-state index contributed by atoms with van der Waals surface area (Å²) in [5.41, 5.74) is 1.01. The average Bonchev–Trinajstić information content (AvgIpc) is 2.84. The summed E-state index contributed by atoms with van der Waals surface area (Å²) in [5.74, 6) is -1.48. The van der Waals surface area contributed by atoms with E-state index in [2.05, 4.69) is 10.00 Å². The lowest BCUT2D eigenvalue weighted by atomic mass is 10.1. The van der Waals surface area contributed by atoms with Gasteiger partial charge in [0.05, 0.1) is 25.5 Å². The molecule has 3 aromatic rings. The molecule has 0 unspecified atom stereocenters. The number of halogens is 2. The van der Waals surface area contributed by atoms with E-state index in [1.807, 2.05) is 0 Å². The zero-order valence-corrected chi connectivity index (χ0v) is 19.1. The average molecular weight is 485 g/mol. The number of aromatic nitrogens is 2. The van der Waals surface area contributed by atoms with Crippen LogP contribution in [-0.2, 0) is 11.3 Å². The Labute approximate surface area is 201 Å². The molecule has 35 heavy (non-hydrogen) atoms. The van der Waals surface area contributed by atoms with E-state index in [1.165, 1.54) is 27.8 Å². The van der Waals surface area contributed by atoms with Gasteiger partial charge in [-0.2, -0.15) is 5.10 Å². The molecule has 2 heterocycles. The number of ether oxygens (including phenoxy) is 1. The van der Waals surface area contributed by atoms with Crippen molar-refractivity contribution in [1.82, 2.24) is 14.7 Å². The zero-order chi connectivity index (χ0) is 24.8. The van der Waals surface area contributed by atoms with Crippen LogP contribution < -0.4 is 10.5 Å². The molecule has 0 saturated carbocycles. The molecule has 4 rings (SSSR count). The maximum absolute atomic E-state index is 14.2. The minimum atomic E-state index is -1.06. The Morgan fingerprint density at radius 3 is 2.63 bits per heavy atom. The second kappa shape index (κ2) is 11.2. The Morgan fingerprint density at radius 1 is 1.09 bits per heavy atom. The topological polar surface area (TPSA) is 87.9 Å². The molecule has 0 atom stereocenters. The molecule has 184 valence electrons. The van der Waals surface area contributed by atoms with Crippen LogP contribution in [0.25, 0.3) is 11.3 Å². The second-order valence-corrected chi connectivity index (χ2v) is 8.25. The van der Waals surface area contributed by atoms with Gasteiger partial charge >= 0.3 is 6.09 Å². The lowest BCUT2D eigenvalue weighted by molar-refractivity contribution is 0.0376. The Bertz CT molecular complexity index is 1240. The third-order valence-electron chi connectivity index (χ3n) is 5.82. The molecule has 0 spiro atoms. The highest BCUT2D eigenvalue weighted by molar-refractivity contribution is 5.86. The van der Waals surface area contributed by atoms with Crippen LogP contribution >= 0.6 is 0 Å². The number of amides is 1. The molecule has 0 aliphatic carbocycles. The van der Waals surface area contributed by atoms with Crippen LogP contribution in [-0.4, -0.2) is 65.3 Å². The largest absolute Gasteiger partial charge is 0.465 e. The highest BCUT2D eigenvalue weighted by Gasteiger charge is 2.17. The number of carboxylic acid groups (broad SMARTS) is 1. The first-order valence-corrected chi connectivity index (χ1v) is 11.3. The van der Waals surface area contributed by atoms with Crippen LogP contribution in [0.2, 0.25) is 0 Å². The fourth-order valence-corrected chi connectivity index (χ4v) is 4.01. The van der Waals surface area contributed by atoms with Gasteiger partial charge in [0.25, 0.3) is 5.56 Å². The SMILES string of the molecule is O=C(O)N(CCCN1CCOCC1)c1cccc(Cn2nc(-c3ccc(F)cc3F)ccc2=O)c1. The van der Waals surface area contributed by atoms with Gasteiger partial charge in [0, 0.05) is 49.6 Å². The molecule has 1 amide bonds. The highest BCUT2D eigenvalue weighted by atomic mass is 19.1. The van der Waals surface area contributed by atoms with Gasteiger partial charge < -0.3 is 9.84 Å². The third-order valence-corrected chi connectivity index (χ3v) is 5.82.